The van der Waals surface area contributed by atoms with E-state index in [1.54, 1.807) is 24.1 Å². The highest BCUT2D eigenvalue weighted by molar-refractivity contribution is 7.99. The molecule has 0 unspecified atom stereocenters. The molecule has 0 saturated carbocycles. The molecule has 1 aromatic carbocycles. The fraction of sp³-hybridized carbons (Fsp3) is 0.400. The number of hydrogen-bond acceptors (Lipinski definition) is 4. The van der Waals surface area contributed by atoms with Gasteiger partial charge in [0.05, 0.1) is 15.8 Å². The molecule has 6 nitrogen and oxygen atoms in total. The minimum Gasteiger partial charge on any atom is -0.341 e. The second kappa shape index (κ2) is 8.60. The SMILES string of the molecule is CCCn1c(SCC(=O)N(C)Cc2ccc(Cl)c(Cl)c2)n[nH]c1=O. The first-order valence-corrected chi connectivity index (χ1v) is 9.12. The zero-order valence-corrected chi connectivity index (χ0v) is 15.7. The molecule has 0 aliphatic rings. The van der Waals surface area contributed by atoms with Crippen LogP contribution in [0, 0.1) is 0 Å². The lowest BCUT2D eigenvalue weighted by atomic mass is 10.2. The number of benzene rings is 1. The van der Waals surface area contributed by atoms with Gasteiger partial charge in [0, 0.05) is 20.1 Å². The van der Waals surface area contributed by atoms with Crippen LogP contribution in [0.1, 0.15) is 18.9 Å². The van der Waals surface area contributed by atoms with E-state index in [9.17, 15) is 9.59 Å². The molecule has 0 spiro atoms. The molecule has 0 bridgehead atoms. The Morgan fingerprint density at radius 3 is 2.79 bits per heavy atom. The Morgan fingerprint density at radius 2 is 2.12 bits per heavy atom. The summed E-state index contributed by atoms with van der Waals surface area (Å²) >= 11 is 13.1. The van der Waals surface area contributed by atoms with Crippen LogP contribution in [-0.4, -0.2) is 38.4 Å². The lowest BCUT2D eigenvalue weighted by Crippen LogP contribution is -2.28. The normalized spacial score (nSPS) is 10.8. The van der Waals surface area contributed by atoms with Crippen LogP contribution in [0.3, 0.4) is 0 Å². The maximum atomic E-state index is 12.3. The zero-order chi connectivity index (χ0) is 17.7. The molecular formula is C15H18Cl2N4O2S. The number of amides is 1. The summed E-state index contributed by atoms with van der Waals surface area (Å²) < 4.78 is 1.54. The quantitative estimate of drug-likeness (QED) is 0.739. The predicted octanol–water partition coefficient (Wildman–Crippen LogP) is 3.04. The smallest absolute Gasteiger partial charge is 0.341 e. The molecule has 1 heterocycles. The van der Waals surface area contributed by atoms with E-state index in [4.69, 9.17) is 23.2 Å². The van der Waals surface area contributed by atoms with Gasteiger partial charge in [0.15, 0.2) is 5.16 Å². The van der Waals surface area contributed by atoms with Crippen LogP contribution < -0.4 is 5.69 Å². The molecule has 1 amide bonds. The fourth-order valence-corrected chi connectivity index (χ4v) is 3.30. The van der Waals surface area contributed by atoms with Crippen molar-refractivity contribution in [1.29, 1.82) is 0 Å². The number of halogens is 2. The molecule has 1 aromatic heterocycles. The third-order valence-corrected chi connectivity index (χ3v) is 5.02. The van der Waals surface area contributed by atoms with E-state index in [-0.39, 0.29) is 17.3 Å². The molecule has 24 heavy (non-hydrogen) atoms. The highest BCUT2D eigenvalue weighted by atomic mass is 35.5. The molecule has 0 aliphatic carbocycles. The maximum Gasteiger partial charge on any atom is 0.343 e. The molecule has 9 heteroatoms. The van der Waals surface area contributed by atoms with Gasteiger partial charge in [-0.3, -0.25) is 9.36 Å². The Balaban J connectivity index is 1.94. The first-order valence-electron chi connectivity index (χ1n) is 7.38. The van der Waals surface area contributed by atoms with Gasteiger partial charge in [0.1, 0.15) is 0 Å². The zero-order valence-electron chi connectivity index (χ0n) is 13.4. The lowest BCUT2D eigenvalue weighted by molar-refractivity contribution is -0.127. The number of aromatic amines is 1. The van der Waals surface area contributed by atoms with Crippen molar-refractivity contribution in [2.75, 3.05) is 12.8 Å². The second-order valence-electron chi connectivity index (χ2n) is 5.25. The Hall–Kier alpha value is -1.44. The Morgan fingerprint density at radius 1 is 1.38 bits per heavy atom. The standard InChI is InChI=1S/C15H18Cl2N4O2S/c1-3-6-21-14(23)18-19-15(21)24-9-13(22)20(2)8-10-4-5-11(16)12(17)7-10/h4-5,7H,3,6,8-9H2,1-2H3,(H,18,23). The number of carbonyl (C=O) groups is 1. The number of aromatic nitrogens is 3. The average Bonchev–Trinajstić information content (AvgIpc) is 2.89. The summed E-state index contributed by atoms with van der Waals surface area (Å²) in [6, 6.07) is 5.28. The highest BCUT2D eigenvalue weighted by Gasteiger charge is 2.14. The molecular weight excluding hydrogens is 371 g/mol. The summed E-state index contributed by atoms with van der Waals surface area (Å²) in [4.78, 5) is 25.5. The number of rotatable bonds is 7. The largest absolute Gasteiger partial charge is 0.343 e. The van der Waals surface area contributed by atoms with Crippen molar-refractivity contribution in [3.8, 4) is 0 Å². The van der Waals surface area contributed by atoms with E-state index in [1.807, 2.05) is 13.0 Å². The molecule has 2 aromatic rings. The van der Waals surface area contributed by atoms with E-state index in [2.05, 4.69) is 10.2 Å². The van der Waals surface area contributed by atoms with E-state index in [0.717, 1.165) is 12.0 Å². The molecule has 0 saturated heterocycles. The van der Waals surface area contributed by atoms with Crippen molar-refractivity contribution in [3.63, 3.8) is 0 Å². The highest BCUT2D eigenvalue weighted by Crippen LogP contribution is 2.23. The van der Waals surface area contributed by atoms with E-state index >= 15 is 0 Å². The molecule has 0 atom stereocenters. The van der Waals surface area contributed by atoms with Crippen LogP contribution in [0.15, 0.2) is 28.2 Å². The predicted molar refractivity (Wildman–Crippen MR) is 96.8 cm³/mol. The van der Waals surface area contributed by atoms with Gasteiger partial charge < -0.3 is 4.90 Å². The van der Waals surface area contributed by atoms with Crippen LogP contribution >= 0.6 is 35.0 Å². The minimum absolute atomic E-state index is 0.0652. The summed E-state index contributed by atoms with van der Waals surface area (Å²) in [6.07, 6.45) is 0.818. The number of H-pyrrole nitrogens is 1. The van der Waals surface area contributed by atoms with Gasteiger partial charge in [-0.25, -0.2) is 9.89 Å². The number of nitrogens with zero attached hydrogens (tertiary/aromatic N) is 3. The van der Waals surface area contributed by atoms with Gasteiger partial charge in [-0.1, -0.05) is 48.0 Å². The van der Waals surface area contributed by atoms with Crippen molar-refractivity contribution in [2.45, 2.75) is 31.6 Å². The van der Waals surface area contributed by atoms with Gasteiger partial charge in [0.25, 0.3) is 0 Å². The summed E-state index contributed by atoms with van der Waals surface area (Å²) in [5.41, 5.74) is 0.642. The first kappa shape index (κ1) is 18.9. The summed E-state index contributed by atoms with van der Waals surface area (Å²) in [6.45, 7) is 2.98. The summed E-state index contributed by atoms with van der Waals surface area (Å²) in [5.74, 6) is 0.135. The van der Waals surface area contributed by atoms with Gasteiger partial charge in [-0.15, -0.1) is 5.10 Å². The fourth-order valence-electron chi connectivity index (χ4n) is 2.07. The van der Waals surface area contributed by atoms with Gasteiger partial charge >= 0.3 is 5.69 Å². The number of hydrogen-bond donors (Lipinski definition) is 1. The molecule has 2 rings (SSSR count). The lowest BCUT2D eigenvalue weighted by Gasteiger charge is -2.17. The average molecular weight is 389 g/mol. The molecule has 0 fully saturated rings. The van der Waals surface area contributed by atoms with Crippen LogP contribution in [0.5, 0.6) is 0 Å². The van der Waals surface area contributed by atoms with Crippen LogP contribution in [-0.2, 0) is 17.9 Å². The monoisotopic (exact) mass is 388 g/mol. The van der Waals surface area contributed by atoms with Crippen LogP contribution in [0.25, 0.3) is 0 Å². The van der Waals surface area contributed by atoms with Crippen LogP contribution in [0.2, 0.25) is 10.0 Å². The molecule has 0 radical (unpaired) electrons. The van der Waals surface area contributed by atoms with Gasteiger partial charge in [0.2, 0.25) is 5.91 Å². The second-order valence-corrected chi connectivity index (χ2v) is 7.01. The Kier molecular flexibility index (Phi) is 6.77. The third-order valence-electron chi connectivity index (χ3n) is 3.32. The van der Waals surface area contributed by atoms with E-state index < -0.39 is 0 Å². The molecule has 1 N–H and O–H groups in total. The number of carbonyl (C=O) groups excluding carboxylic acids is 1. The maximum absolute atomic E-state index is 12.3. The topological polar surface area (TPSA) is 71.0 Å². The van der Waals surface area contributed by atoms with Crippen LogP contribution in [0.4, 0.5) is 0 Å². The number of thioether (sulfide) groups is 1. The van der Waals surface area contributed by atoms with Crippen molar-refractivity contribution in [1.82, 2.24) is 19.7 Å². The Bertz CT molecular complexity index is 775. The van der Waals surface area contributed by atoms with E-state index in [1.165, 1.54) is 16.3 Å². The van der Waals surface area contributed by atoms with E-state index in [0.29, 0.717) is 28.3 Å². The molecule has 0 aliphatic heterocycles. The third kappa shape index (κ3) is 4.78. The summed E-state index contributed by atoms with van der Waals surface area (Å²) in [5, 5.41) is 7.84. The molecule has 130 valence electrons. The van der Waals surface area contributed by atoms with Crippen molar-refractivity contribution in [2.24, 2.45) is 0 Å². The van der Waals surface area contributed by atoms with Crippen molar-refractivity contribution >= 4 is 40.9 Å². The Labute approximate surface area is 154 Å². The first-order chi connectivity index (χ1) is 11.4. The number of nitrogens with one attached hydrogen (secondary N) is 1. The summed E-state index contributed by atoms with van der Waals surface area (Å²) in [7, 11) is 1.72. The van der Waals surface area contributed by atoms with Crippen molar-refractivity contribution < 1.29 is 4.79 Å². The minimum atomic E-state index is -0.254. The van der Waals surface area contributed by atoms with Gasteiger partial charge in [-0.05, 0) is 24.1 Å². The van der Waals surface area contributed by atoms with Gasteiger partial charge in [-0.2, -0.15) is 0 Å². The van der Waals surface area contributed by atoms with Crippen molar-refractivity contribution in [3.05, 3.63) is 44.3 Å².